The van der Waals surface area contributed by atoms with Crippen molar-refractivity contribution in [3.63, 3.8) is 0 Å². The molecule has 0 aromatic heterocycles. The van der Waals surface area contributed by atoms with Crippen LogP contribution in [0.3, 0.4) is 0 Å². The Balaban J connectivity index is 1.79. The van der Waals surface area contributed by atoms with Crippen LogP contribution in [-0.4, -0.2) is 48.9 Å². The highest BCUT2D eigenvalue weighted by molar-refractivity contribution is 5.94. The summed E-state index contributed by atoms with van der Waals surface area (Å²) in [6.07, 6.45) is -6.50. The maximum Gasteiger partial charge on any atom is 0.416 e. The molecule has 1 amide bonds. The van der Waals surface area contributed by atoms with Gasteiger partial charge in [-0.3, -0.25) is 4.79 Å². The molecule has 2 aliphatic heterocycles. The van der Waals surface area contributed by atoms with E-state index in [1.165, 1.54) is 4.90 Å². The molecule has 1 aromatic carbocycles. The van der Waals surface area contributed by atoms with Gasteiger partial charge in [-0.25, -0.2) is 0 Å². The van der Waals surface area contributed by atoms with Gasteiger partial charge in [0.1, 0.15) is 0 Å². The summed E-state index contributed by atoms with van der Waals surface area (Å²) in [6.45, 7) is 2.60. The highest BCUT2D eigenvalue weighted by Gasteiger charge is 2.40. The number of nitrogens with zero attached hydrogens (tertiary/aromatic N) is 2. The maximum absolute atomic E-state index is 13.0. The third-order valence-corrected chi connectivity index (χ3v) is 5.99. The summed E-state index contributed by atoms with van der Waals surface area (Å²) in [5, 5.41) is 0. The predicted octanol–water partition coefficient (Wildman–Crippen LogP) is 4.67. The molecule has 0 unspecified atom stereocenters. The lowest BCUT2D eigenvalue weighted by atomic mass is 9.71. The zero-order valence-corrected chi connectivity index (χ0v) is 15.5. The summed E-state index contributed by atoms with van der Waals surface area (Å²) in [5.41, 5.74) is -3.38. The summed E-state index contributed by atoms with van der Waals surface area (Å²) >= 11 is 0. The number of hydrogen-bond acceptors (Lipinski definition) is 2. The Morgan fingerprint density at radius 2 is 1.25 bits per heavy atom. The van der Waals surface area contributed by atoms with Gasteiger partial charge in [0.15, 0.2) is 0 Å². The monoisotopic (exact) mass is 408 g/mol. The molecule has 28 heavy (non-hydrogen) atoms. The first-order valence-corrected chi connectivity index (χ1v) is 9.17. The van der Waals surface area contributed by atoms with Crippen molar-refractivity contribution in [1.29, 1.82) is 0 Å². The van der Waals surface area contributed by atoms with E-state index in [1.807, 2.05) is 7.05 Å². The number of carbonyl (C=O) groups is 1. The molecule has 156 valence electrons. The lowest BCUT2D eigenvalue weighted by Gasteiger charge is -2.46. The number of hydrogen-bond donors (Lipinski definition) is 0. The quantitative estimate of drug-likeness (QED) is 0.631. The minimum atomic E-state index is -4.96. The van der Waals surface area contributed by atoms with Crippen LogP contribution in [-0.2, 0) is 12.4 Å². The van der Waals surface area contributed by atoms with E-state index in [1.54, 1.807) is 0 Å². The lowest BCUT2D eigenvalue weighted by molar-refractivity contribution is -0.143. The molecule has 0 N–H and O–H groups in total. The average Bonchev–Trinajstić information content (AvgIpc) is 2.63. The number of benzene rings is 1. The van der Waals surface area contributed by atoms with Crippen LogP contribution < -0.4 is 0 Å². The molecule has 3 rings (SSSR count). The van der Waals surface area contributed by atoms with E-state index in [-0.39, 0.29) is 11.5 Å². The Morgan fingerprint density at radius 1 is 0.821 bits per heavy atom. The van der Waals surface area contributed by atoms with Crippen molar-refractivity contribution in [3.8, 4) is 0 Å². The van der Waals surface area contributed by atoms with Crippen LogP contribution in [0.2, 0.25) is 0 Å². The summed E-state index contributed by atoms with van der Waals surface area (Å²) in [7, 11) is 2.04. The molecule has 0 saturated carbocycles. The van der Waals surface area contributed by atoms with Gasteiger partial charge in [0, 0.05) is 18.7 Å². The summed E-state index contributed by atoms with van der Waals surface area (Å²) in [5.74, 6) is -0.778. The molecule has 2 saturated heterocycles. The Hall–Kier alpha value is -1.77. The molecular formula is C19H22F6N2O. The van der Waals surface area contributed by atoms with Crippen LogP contribution in [0, 0.1) is 5.41 Å². The second-order valence-corrected chi connectivity index (χ2v) is 7.89. The smallest absolute Gasteiger partial charge is 0.339 e. The molecule has 2 heterocycles. The van der Waals surface area contributed by atoms with E-state index in [2.05, 4.69) is 4.90 Å². The summed E-state index contributed by atoms with van der Waals surface area (Å²) in [6, 6.07) is 1.07. The second kappa shape index (κ2) is 7.24. The number of amides is 1. The van der Waals surface area contributed by atoms with Crippen molar-refractivity contribution in [3.05, 3.63) is 34.9 Å². The normalized spacial score (nSPS) is 21.2. The molecule has 2 aliphatic rings. The highest BCUT2D eigenvalue weighted by Crippen LogP contribution is 2.42. The van der Waals surface area contributed by atoms with Gasteiger partial charge in [0.05, 0.1) is 11.1 Å². The van der Waals surface area contributed by atoms with Gasteiger partial charge in [0.2, 0.25) is 0 Å². The van der Waals surface area contributed by atoms with Gasteiger partial charge in [0.25, 0.3) is 5.91 Å². The fraction of sp³-hybridized carbons (Fsp3) is 0.632. The van der Waals surface area contributed by atoms with Gasteiger partial charge < -0.3 is 9.80 Å². The third-order valence-electron chi connectivity index (χ3n) is 5.99. The van der Waals surface area contributed by atoms with Crippen molar-refractivity contribution >= 4 is 5.91 Å². The minimum Gasteiger partial charge on any atom is -0.339 e. The average molecular weight is 408 g/mol. The van der Waals surface area contributed by atoms with Crippen LogP contribution >= 0.6 is 0 Å². The zero-order chi connectivity index (χ0) is 20.7. The first-order chi connectivity index (χ1) is 12.9. The molecular weight excluding hydrogens is 386 g/mol. The van der Waals surface area contributed by atoms with Crippen LogP contribution in [0.25, 0.3) is 0 Å². The van der Waals surface area contributed by atoms with Crippen LogP contribution in [0.4, 0.5) is 26.3 Å². The number of alkyl halides is 6. The maximum atomic E-state index is 13.0. The van der Waals surface area contributed by atoms with Crippen LogP contribution in [0.1, 0.15) is 47.2 Å². The topological polar surface area (TPSA) is 23.6 Å². The molecule has 3 nitrogen and oxygen atoms in total. The number of likely N-dealkylation sites (tertiary alicyclic amines) is 2. The van der Waals surface area contributed by atoms with Gasteiger partial charge in [-0.2, -0.15) is 26.3 Å². The number of carbonyl (C=O) groups excluding carboxylic acids is 1. The van der Waals surface area contributed by atoms with Crippen LogP contribution in [0.15, 0.2) is 18.2 Å². The summed E-state index contributed by atoms with van der Waals surface area (Å²) in [4.78, 5) is 16.3. The molecule has 0 radical (unpaired) electrons. The number of piperidine rings is 2. The fourth-order valence-corrected chi connectivity index (χ4v) is 4.04. The second-order valence-electron chi connectivity index (χ2n) is 7.89. The molecule has 2 fully saturated rings. The molecule has 0 bridgehead atoms. The molecule has 9 heteroatoms. The van der Waals surface area contributed by atoms with E-state index in [4.69, 9.17) is 0 Å². The van der Waals surface area contributed by atoms with Gasteiger partial charge in [-0.15, -0.1) is 0 Å². The molecule has 1 aromatic rings. The Bertz CT molecular complexity index is 693. The molecule has 1 spiro atoms. The van der Waals surface area contributed by atoms with Gasteiger partial charge in [-0.1, -0.05) is 0 Å². The zero-order valence-electron chi connectivity index (χ0n) is 15.5. The SMILES string of the molecule is CN1CCC2(CC1)CCN(C(=O)c1cc(C(F)(F)F)cc(C(F)(F)F)c1)CC2. The van der Waals surface area contributed by atoms with Gasteiger partial charge >= 0.3 is 12.4 Å². The lowest BCUT2D eigenvalue weighted by Crippen LogP contribution is -2.47. The van der Waals surface area contributed by atoms with Crippen molar-refractivity contribution in [2.45, 2.75) is 38.0 Å². The van der Waals surface area contributed by atoms with Crippen LogP contribution in [0.5, 0.6) is 0 Å². The van der Waals surface area contributed by atoms with Crippen molar-refractivity contribution in [1.82, 2.24) is 9.80 Å². The standard InChI is InChI=1S/C19H22F6N2O/c1-26-6-2-17(3-7-26)4-8-27(9-5-17)16(28)13-10-14(18(20,21)22)12-15(11-13)19(23,24)25/h10-12H,2-9H2,1H3. The van der Waals surface area contributed by atoms with E-state index in [0.29, 0.717) is 25.2 Å². The Morgan fingerprint density at radius 3 is 1.68 bits per heavy atom. The summed E-state index contributed by atoms with van der Waals surface area (Å²) < 4.78 is 78.1. The van der Waals surface area contributed by atoms with E-state index < -0.39 is 35.0 Å². The third kappa shape index (κ3) is 4.45. The molecule has 0 atom stereocenters. The Labute approximate surface area is 159 Å². The number of rotatable bonds is 1. The van der Waals surface area contributed by atoms with E-state index in [0.717, 1.165) is 38.8 Å². The van der Waals surface area contributed by atoms with E-state index >= 15 is 0 Å². The Kier molecular flexibility index (Phi) is 5.42. The fourth-order valence-electron chi connectivity index (χ4n) is 4.04. The van der Waals surface area contributed by atoms with Crippen molar-refractivity contribution in [2.24, 2.45) is 5.41 Å². The first-order valence-electron chi connectivity index (χ1n) is 9.17. The predicted molar refractivity (Wildman–Crippen MR) is 90.7 cm³/mol. The van der Waals surface area contributed by atoms with E-state index in [9.17, 15) is 31.1 Å². The van der Waals surface area contributed by atoms with Gasteiger partial charge in [-0.05, 0) is 69.4 Å². The van der Waals surface area contributed by atoms with Crippen molar-refractivity contribution < 1.29 is 31.1 Å². The largest absolute Gasteiger partial charge is 0.416 e. The first kappa shape index (κ1) is 21.0. The highest BCUT2D eigenvalue weighted by atomic mass is 19.4. The minimum absolute atomic E-state index is 0.0422. The van der Waals surface area contributed by atoms with Crippen molar-refractivity contribution in [2.75, 3.05) is 33.2 Å². The number of halogens is 6. The molecule has 0 aliphatic carbocycles.